The smallest absolute Gasteiger partial charge is 0.356 e. The Bertz CT molecular complexity index is 511. The largest absolute Gasteiger partial charge is 0.461 e. The number of carbonyl (C=O) groups is 1. The molecule has 1 aromatic heterocycles. The predicted molar refractivity (Wildman–Crippen MR) is 74.2 cm³/mol. The van der Waals surface area contributed by atoms with E-state index in [1.54, 1.807) is 6.92 Å². The van der Waals surface area contributed by atoms with Crippen LogP contribution in [0.4, 0.5) is 0 Å². The molecule has 1 aromatic rings. The van der Waals surface area contributed by atoms with Gasteiger partial charge in [-0.1, -0.05) is 25.4 Å². The highest BCUT2D eigenvalue weighted by Gasteiger charge is 2.20. The highest BCUT2D eigenvalue weighted by Crippen LogP contribution is 2.20. The summed E-state index contributed by atoms with van der Waals surface area (Å²) in [5, 5.41) is 0.209. The van der Waals surface area contributed by atoms with Gasteiger partial charge in [0, 0.05) is 6.54 Å². The van der Waals surface area contributed by atoms with E-state index in [4.69, 9.17) is 16.3 Å². The van der Waals surface area contributed by atoms with Gasteiger partial charge in [-0.05, 0) is 34.8 Å². The van der Waals surface area contributed by atoms with Crippen LogP contribution in [-0.4, -0.2) is 17.1 Å². The molecule has 0 spiro atoms. The molecule has 0 aliphatic rings. The van der Waals surface area contributed by atoms with E-state index in [9.17, 15) is 9.59 Å². The van der Waals surface area contributed by atoms with Gasteiger partial charge in [-0.25, -0.2) is 4.79 Å². The van der Waals surface area contributed by atoms with Gasteiger partial charge in [0.1, 0.15) is 5.69 Å². The Morgan fingerprint density at radius 2 is 2.17 bits per heavy atom. The van der Waals surface area contributed by atoms with Crippen LogP contribution in [0.3, 0.4) is 0 Å². The summed E-state index contributed by atoms with van der Waals surface area (Å²) >= 11 is 9.17. The van der Waals surface area contributed by atoms with Gasteiger partial charge in [-0.3, -0.25) is 4.79 Å². The maximum Gasteiger partial charge on any atom is 0.356 e. The highest BCUT2D eigenvalue weighted by molar-refractivity contribution is 9.10. The van der Waals surface area contributed by atoms with Gasteiger partial charge in [0.05, 0.1) is 16.1 Å². The van der Waals surface area contributed by atoms with Crippen LogP contribution in [0.2, 0.25) is 5.02 Å². The topological polar surface area (TPSA) is 48.3 Å². The molecule has 1 rings (SSSR count). The first-order valence-corrected chi connectivity index (χ1v) is 6.81. The van der Waals surface area contributed by atoms with Crippen LogP contribution in [0.25, 0.3) is 0 Å². The maximum absolute atomic E-state index is 12.0. The molecule has 0 fully saturated rings. The van der Waals surface area contributed by atoms with Gasteiger partial charge >= 0.3 is 5.97 Å². The molecule has 0 bridgehead atoms. The summed E-state index contributed by atoms with van der Waals surface area (Å²) in [7, 11) is 0. The standard InChI is InChI=1S/C12H15BrClNO3/c1-4-18-12(17)10-9(14)5-8(13)11(16)15(10)6-7(2)3/h5,7H,4,6H2,1-3H3. The summed E-state index contributed by atoms with van der Waals surface area (Å²) in [6, 6.07) is 1.42. The van der Waals surface area contributed by atoms with Crippen molar-refractivity contribution >= 4 is 33.5 Å². The third kappa shape index (κ3) is 3.36. The number of hydrogen-bond donors (Lipinski definition) is 0. The van der Waals surface area contributed by atoms with Crippen LogP contribution in [0, 0.1) is 5.92 Å². The molecule has 0 N–H and O–H groups in total. The van der Waals surface area contributed by atoms with Crippen molar-refractivity contribution in [2.45, 2.75) is 27.3 Å². The minimum Gasteiger partial charge on any atom is -0.461 e. The van der Waals surface area contributed by atoms with Crippen molar-refractivity contribution in [1.82, 2.24) is 4.57 Å². The van der Waals surface area contributed by atoms with Crippen molar-refractivity contribution in [1.29, 1.82) is 0 Å². The van der Waals surface area contributed by atoms with Gasteiger partial charge < -0.3 is 9.30 Å². The van der Waals surface area contributed by atoms with Crippen molar-refractivity contribution < 1.29 is 9.53 Å². The first-order valence-electron chi connectivity index (χ1n) is 5.64. The lowest BCUT2D eigenvalue weighted by Gasteiger charge is -2.15. The van der Waals surface area contributed by atoms with Crippen LogP contribution in [0.5, 0.6) is 0 Å². The van der Waals surface area contributed by atoms with E-state index >= 15 is 0 Å². The summed E-state index contributed by atoms with van der Waals surface area (Å²) in [6.07, 6.45) is 0. The van der Waals surface area contributed by atoms with E-state index in [2.05, 4.69) is 15.9 Å². The summed E-state index contributed by atoms with van der Waals surface area (Å²) in [5.41, 5.74) is -0.170. The molecule has 0 saturated heterocycles. The molecule has 0 aliphatic heterocycles. The zero-order valence-corrected chi connectivity index (χ0v) is 12.8. The quantitative estimate of drug-likeness (QED) is 0.794. The molecule has 0 amide bonds. The molecular weight excluding hydrogens is 321 g/mol. The molecule has 0 aromatic carbocycles. The van der Waals surface area contributed by atoms with E-state index in [1.807, 2.05) is 13.8 Å². The second kappa shape index (κ2) is 6.38. The number of rotatable bonds is 4. The van der Waals surface area contributed by atoms with Crippen molar-refractivity contribution in [3.05, 3.63) is 31.6 Å². The Hall–Kier alpha value is -0.810. The second-order valence-corrected chi connectivity index (χ2v) is 5.48. The zero-order valence-electron chi connectivity index (χ0n) is 10.5. The lowest BCUT2D eigenvalue weighted by atomic mass is 10.2. The third-order valence-electron chi connectivity index (χ3n) is 2.22. The summed E-state index contributed by atoms with van der Waals surface area (Å²) < 4.78 is 6.62. The average Bonchev–Trinajstić information content (AvgIpc) is 2.25. The Morgan fingerprint density at radius 1 is 1.56 bits per heavy atom. The van der Waals surface area contributed by atoms with Crippen molar-refractivity contribution in [2.75, 3.05) is 6.61 Å². The van der Waals surface area contributed by atoms with E-state index in [-0.39, 0.29) is 28.8 Å². The lowest BCUT2D eigenvalue weighted by Crippen LogP contribution is -2.29. The van der Waals surface area contributed by atoms with Crippen LogP contribution < -0.4 is 5.56 Å². The number of hydrogen-bond acceptors (Lipinski definition) is 3. The van der Waals surface area contributed by atoms with E-state index in [1.165, 1.54) is 10.6 Å². The number of esters is 1. The first-order chi connectivity index (χ1) is 8.38. The summed E-state index contributed by atoms with van der Waals surface area (Å²) in [5.74, 6) is -0.367. The minimum atomic E-state index is -0.576. The fraction of sp³-hybridized carbons (Fsp3) is 0.500. The fourth-order valence-electron chi connectivity index (χ4n) is 1.55. The molecule has 6 heteroatoms. The number of nitrogens with zero attached hydrogens (tertiary/aromatic N) is 1. The Kier molecular flexibility index (Phi) is 5.41. The normalized spacial score (nSPS) is 10.8. The van der Waals surface area contributed by atoms with Crippen LogP contribution in [0.15, 0.2) is 15.3 Å². The number of pyridine rings is 1. The molecule has 100 valence electrons. The van der Waals surface area contributed by atoms with E-state index in [0.29, 0.717) is 11.0 Å². The fourth-order valence-corrected chi connectivity index (χ4v) is 2.41. The highest BCUT2D eigenvalue weighted by atomic mass is 79.9. The number of ether oxygens (including phenoxy) is 1. The second-order valence-electron chi connectivity index (χ2n) is 4.22. The lowest BCUT2D eigenvalue weighted by molar-refractivity contribution is 0.0511. The van der Waals surface area contributed by atoms with Gasteiger partial charge in [0.2, 0.25) is 0 Å². The van der Waals surface area contributed by atoms with Crippen LogP contribution in [0.1, 0.15) is 31.3 Å². The Morgan fingerprint density at radius 3 is 2.67 bits per heavy atom. The van der Waals surface area contributed by atoms with Crippen LogP contribution >= 0.6 is 27.5 Å². The van der Waals surface area contributed by atoms with Gasteiger partial charge in [-0.15, -0.1) is 0 Å². The molecule has 18 heavy (non-hydrogen) atoms. The Balaban J connectivity index is 3.42. The SMILES string of the molecule is CCOC(=O)c1c(Cl)cc(Br)c(=O)n1CC(C)C. The minimum absolute atomic E-state index is 0.111. The molecule has 0 saturated carbocycles. The van der Waals surface area contributed by atoms with Crippen molar-refractivity contribution in [3.8, 4) is 0 Å². The van der Waals surface area contributed by atoms with Crippen molar-refractivity contribution in [3.63, 3.8) is 0 Å². The maximum atomic E-state index is 12.0. The number of aromatic nitrogens is 1. The third-order valence-corrected chi connectivity index (χ3v) is 3.07. The van der Waals surface area contributed by atoms with E-state index in [0.717, 1.165) is 0 Å². The first kappa shape index (κ1) is 15.2. The molecule has 0 radical (unpaired) electrons. The monoisotopic (exact) mass is 335 g/mol. The molecule has 0 aliphatic carbocycles. The van der Waals surface area contributed by atoms with E-state index < -0.39 is 5.97 Å². The molecule has 0 unspecified atom stereocenters. The Labute approximate surface area is 119 Å². The number of carbonyl (C=O) groups excluding carboxylic acids is 1. The summed E-state index contributed by atoms with van der Waals surface area (Å²) in [6.45, 7) is 6.26. The molecular formula is C12H15BrClNO3. The van der Waals surface area contributed by atoms with Gasteiger partial charge in [0.15, 0.2) is 0 Å². The molecule has 0 atom stereocenters. The molecule has 4 nitrogen and oxygen atoms in total. The van der Waals surface area contributed by atoms with Gasteiger partial charge in [0.25, 0.3) is 5.56 Å². The average molecular weight is 337 g/mol. The zero-order chi connectivity index (χ0) is 13.9. The summed E-state index contributed by atoms with van der Waals surface area (Å²) in [4.78, 5) is 23.9. The molecule has 1 heterocycles. The number of halogens is 2. The predicted octanol–water partition coefficient (Wildman–Crippen LogP) is 3.10. The van der Waals surface area contributed by atoms with Crippen LogP contribution in [-0.2, 0) is 11.3 Å². The van der Waals surface area contributed by atoms with Crippen molar-refractivity contribution in [2.24, 2.45) is 5.92 Å². The van der Waals surface area contributed by atoms with Gasteiger partial charge in [-0.2, -0.15) is 0 Å².